The van der Waals surface area contributed by atoms with Gasteiger partial charge in [-0.15, -0.1) is 0 Å². The number of nitrogens with two attached hydrogens (primary N) is 2. The molecule has 112 valence electrons. The Balaban J connectivity index is 1.94. The smallest absolute Gasteiger partial charge is 0.271 e. The lowest BCUT2D eigenvalue weighted by molar-refractivity contribution is 0.1000. The van der Waals surface area contributed by atoms with Crippen LogP contribution in [0, 0.1) is 0 Å². The van der Waals surface area contributed by atoms with E-state index in [2.05, 4.69) is 5.32 Å². The van der Waals surface area contributed by atoms with Gasteiger partial charge < -0.3 is 15.5 Å². The number of amides is 1. The number of sulfonamides is 1. The van der Waals surface area contributed by atoms with Crippen molar-refractivity contribution >= 4 is 15.9 Å². The average molecular weight is 309 g/mol. The molecule has 0 atom stereocenters. The Labute approximate surface area is 122 Å². The molecule has 0 fully saturated rings. The van der Waals surface area contributed by atoms with E-state index in [-0.39, 0.29) is 5.09 Å². The lowest BCUT2D eigenvalue weighted by atomic mass is 10.1. The number of hydrogen-bond donors (Lipinski definition) is 3. The van der Waals surface area contributed by atoms with Gasteiger partial charge in [0, 0.05) is 12.1 Å². The summed E-state index contributed by atoms with van der Waals surface area (Å²) < 4.78 is 27.2. The first kappa shape index (κ1) is 15.2. The highest BCUT2D eigenvalue weighted by Gasteiger charge is 2.12. The van der Waals surface area contributed by atoms with Crippen LogP contribution in [0.3, 0.4) is 0 Å². The van der Waals surface area contributed by atoms with E-state index in [1.165, 1.54) is 12.1 Å². The summed E-state index contributed by atoms with van der Waals surface area (Å²) >= 11 is 0. The molecule has 1 amide bonds. The summed E-state index contributed by atoms with van der Waals surface area (Å²) in [6, 6.07) is 9.75. The highest BCUT2D eigenvalue weighted by molar-refractivity contribution is 7.89. The molecule has 7 nitrogen and oxygen atoms in total. The highest BCUT2D eigenvalue weighted by atomic mass is 32.2. The molecule has 1 aromatic carbocycles. The van der Waals surface area contributed by atoms with E-state index in [1.54, 1.807) is 18.2 Å². The molecule has 0 aliphatic heterocycles. The van der Waals surface area contributed by atoms with Crippen molar-refractivity contribution in [2.45, 2.75) is 18.2 Å². The maximum atomic E-state index is 11.1. The number of hydrogen-bond acceptors (Lipinski definition) is 5. The van der Waals surface area contributed by atoms with Crippen LogP contribution in [0.2, 0.25) is 0 Å². The molecule has 0 saturated carbocycles. The fourth-order valence-electron chi connectivity index (χ4n) is 1.77. The zero-order chi connectivity index (χ0) is 15.5. The minimum absolute atomic E-state index is 0.268. The van der Waals surface area contributed by atoms with Crippen LogP contribution in [0.25, 0.3) is 0 Å². The first-order valence-corrected chi connectivity index (χ1v) is 7.62. The van der Waals surface area contributed by atoms with E-state index < -0.39 is 15.9 Å². The summed E-state index contributed by atoms with van der Waals surface area (Å²) in [6.45, 7) is 0.808. The number of furan rings is 1. The molecule has 0 saturated heterocycles. The molecule has 0 aliphatic rings. The van der Waals surface area contributed by atoms with Gasteiger partial charge in [-0.05, 0) is 29.8 Å². The summed E-state index contributed by atoms with van der Waals surface area (Å²) in [5.74, 6) is -0.0363. The number of carbonyl (C=O) groups is 1. The van der Waals surface area contributed by atoms with Crippen molar-refractivity contribution in [3.63, 3.8) is 0 Å². The van der Waals surface area contributed by atoms with E-state index in [0.29, 0.717) is 24.4 Å². The molecular formula is C13H15N3O4S. The summed E-state index contributed by atoms with van der Waals surface area (Å²) in [4.78, 5) is 11.1. The van der Waals surface area contributed by atoms with Crippen LogP contribution in [-0.4, -0.2) is 14.3 Å². The van der Waals surface area contributed by atoms with E-state index in [4.69, 9.17) is 15.3 Å². The SMILES string of the molecule is NC(=O)c1cccc(CNCc2ccc(S(N)(=O)=O)o2)c1. The van der Waals surface area contributed by atoms with E-state index in [0.717, 1.165) is 5.56 Å². The zero-order valence-corrected chi connectivity index (χ0v) is 11.9. The molecule has 2 rings (SSSR count). The Morgan fingerprint density at radius 1 is 1.19 bits per heavy atom. The van der Waals surface area contributed by atoms with Gasteiger partial charge in [-0.3, -0.25) is 4.79 Å². The van der Waals surface area contributed by atoms with Gasteiger partial charge in [-0.2, -0.15) is 0 Å². The van der Waals surface area contributed by atoms with Crippen LogP contribution in [0.15, 0.2) is 45.9 Å². The zero-order valence-electron chi connectivity index (χ0n) is 11.1. The molecule has 8 heteroatoms. The Kier molecular flexibility index (Phi) is 4.41. The van der Waals surface area contributed by atoms with E-state index in [9.17, 15) is 13.2 Å². The van der Waals surface area contributed by atoms with Gasteiger partial charge in [0.1, 0.15) is 5.76 Å². The van der Waals surface area contributed by atoms with Gasteiger partial charge >= 0.3 is 0 Å². The fraction of sp³-hybridized carbons (Fsp3) is 0.154. The molecule has 0 bridgehead atoms. The van der Waals surface area contributed by atoms with E-state index >= 15 is 0 Å². The number of rotatable bonds is 6. The molecule has 21 heavy (non-hydrogen) atoms. The second-order valence-corrected chi connectivity index (χ2v) is 5.93. The molecule has 1 heterocycles. The number of carbonyl (C=O) groups excluding carboxylic acids is 1. The second-order valence-electron chi connectivity index (χ2n) is 4.43. The molecule has 1 aromatic heterocycles. The Bertz CT molecular complexity index is 752. The van der Waals surface area contributed by atoms with Crippen molar-refractivity contribution < 1.29 is 17.6 Å². The largest absolute Gasteiger partial charge is 0.447 e. The van der Waals surface area contributed by atoms with Crippen LogP contribution < -0.4 is 16.2 Å². The summed E-state index contributed by atoms with van der Waals surface area (Å²) in [6.07, 6.45) is 0. The van der Waals surface area contributed by atoms with Crippen LogP contribution in [0.1, 0.15) is 21.7 Å². The van der Waals surface area contributed by atoms with Crippen molar-refractivity contribution in [1.29, 1.82) is 0 Å². The molecule has 0 spiro atoms. The molecule has 2 aromatic rings. The average Bonchev–Trinajstić information content (AvgIpc) is 2.88. The maximum Gasteiger partial charge on any atom is 0.271 e. The molecule has 5 N–H and O–H groups in total. The van der Waals surface area contributed by atoms with Gasteiger partial charge in [0.25, 0.3) is 10.0 Å². The summed E-state index contributed by atoms with van der Waals surface area (Å²) in [5.41, 5.74) is 6.52. The molecule has 0 unspecified atom stereocenters. The Morgan fingerprint density at radius 3 is 2.57 bits per heavy atom. The number of benzene rings is 1. The maximum absolute atomic E-state index is 11.1. The van der Waals surface area contributed by atoms with Gasteiger partial charge in [-0.1, -0.05) is 12.1 Å². The van der Waals surface area contributed by atoms with E-state index in [1.807, 2.05) is 6.07 Å². The fourth-order valence-corrected chi connectivity index (χ4v) is 2.25. The van der Waals surface area contributed by atoms with Gasteiger partial charge in [0.2, 0.25) is 11.0 Å². The third-order valence-corrected chi connectivity index (χ3v) is 3.54. The summed E-state index contributed by atoms with van der Waals surface area (Å²) in [7, 11) is -3.82. The van der Waals surface area contributed by atoms with Crippen molar-refractivity contribution in [2.24, 2.45) is 10.9 Å². The molecular weight excluding hydrogens is 294 g/mol. The first-order chi connectivity index (χ1) is 9.86. The number of primary sulfonamides is 1. The van der Waals surface area contributed by atoms with Crippen LogP contribution in [-0.2, 0) is 23.1 Å². The quantitative estimate of drug-likeness (QED) is 0.707. The minimum atomic E-state index is -3.82. The Hall–Kier alpha value is -2.16. The third kappa shape index (κ3) is 4.15. The van der Waals surface area contributed by atoms with Crippen molar-refractivity contribution in [1.82, 2.24) is 5.32 Å². The standard InChI is InChI=1S/C13H15N3O4S/c14-13(17)10-3-1-2-9(6-10)7-16-8-11-4-5-12(20-11)21(15,18)19/h1-6,16H,7-8H2,(H2,14,17)(H2,15,18,19). The van der Waals surface area contributed by atoms with Gasteiger partial charge in [0.05, 0.1) is 6.54 Å². The molecule has 0 aliphatic carbocycles. The predicted molar refractivity (Wildman–Crippen MR) is 75.6 cm³/mol. The number of primary amides is 1. The molecule has 0 radical (unpaired) electrons. The number of nitrogens with one attached hydrogen (secondary N) is 1. The van der Waals surface area contributed by atoms with Gasteiger partial charge in [0.15, 0.2) is 0 Å². The second kappa shape index (κ2) is 6.08. The lowest BCUT2D eigenvalue weighted by Crippen LogP contribution is -2.15. The van der Waals surface area contributed by atoms with Crippen LogP contribution >= 0.6 is 0 Å². The topological polar surface area (TPSA) is 128 Å². The lowest BCUT2D eigenvalue weighted by Gasteiger charge is -2.04. The van der Waals surface area contributed by atoms with Crippen molar-refractivity contribution in [3.05, 3.63) is 53.3 Å². The minimum Gasteiger partial charge on any atom is -0.447 e. The van der Waals surface area contributed by atoms with Crippen molar-refractivity contribution in [2.75, 3.05) is 0 Å². The normalized spacial score (nSPS) is 11.5. The van der Waals surface area contributed by atoms with Crippen LogP contribution in [0.5, 0.6) is 0 Å². The first-order valence-electron chi connectivity index (χ1n) is 6.07. The Morgan fingerprint density at radius 2 is 1.95 bits per heavy atom. The van der Waals surface area contributed by atoms with Crippen LogP contribution in [0.4, 0.5) is 0 Å². The third-order valence-electron chi connectivity index (χ3n) is 2.76. The van der Waals surface area contributed by atoms with Crippen molar-refractivity contribution in [3.8, 4) is 0 Å². The predicted octanol–water partition coefficient (Wildman–Crippen LogP) is 0.316. The van der Waals surface area contributed by atoms with Gasteiger partial charge in [-0.25, -0.2) is 13.6 Å². The highest BCUT2D eigenvalue weighted by Crippen LogP contribution is 2.12. The monoisotopic (exact) mass is 309 g/mol. The summed E-state index contributed by atoms with van der Waals surface area (Å²) in [5, 5.41) is 7.75.